The van der Waals surface area contributed by atoms with E-state index in [2.05, 4.69) is 6.58 Å². The molecule has 0 bridgehead atoms. The number of carbonyl (C=O) groups is 1. The third kappa shape index (κ3) is 3.62. The lowest BCUT2D eigenvalue weighted by atomic mass is 9.98. The van der Waals surface area contributed by atoms with Crippen LogP contribution in [-0.2, 0) is 0 Å². The highest BCUT2D eigenvalue weighted by atomic mass is 35.5. The van der Waals surface area contributed by atoms with Crippen LogP contribution in [0.4, 0.5) is 5.69 Å². The second-order valence-electron chi connectivity index (χ2n) is 7.76. The molecule has 170 valence electrons. The Hall–Kier alpha value is -4.03. The van der Waals surface area contributed by atoms with Crippen LogP contribution < -0.4 is 19.8 Å². The van der Waals surface area contributed by atoms with Crippen LogP contribution >= 0.6 is 11.6 Å². The molecule has 1 aliphatic heterocycles. The van der Waals surface area contributed by atoms with Crippen LogP contribution in [0.1, 0.15) is 27.7 Å². The van der Waals surface area contributed by atoms with E-state index in [1.807, 2.05) is 24.3 Å². The molecule has 0 spiro atoms. The molecule has 0 aliphatic carbocycles. The van der Waals surface area contributed by atoms with E-state index in [0.29, 0.717) is 45.3 Å². The molecule has 0 radical (unpaired) electrons. The van der Waals surface area contributed by atoms with Crippen LogP contribution in [0, 0.1) is 0 Å². The highest BCUT2D eigenvalue weighted by Crippen LogP contribution is 2.42. The fourth-order valence-electron chi connectivity index (χ4n) is 4.20. The molecule has 0 saturated carbocycles. The summed E-state index contributed by atoms with van der Waals surface area (Å²) in [7, 11) is 1.57. The van der Waals surface area contributed by atoms with Crippen molar-refractivity contribution < 1.29 is 18.7 Å². The molecule has 3 aromatic carbocycles. The minimum absolute atomic E-state index is 0.0121. The normalized spacial score (nSPS) is 14.8. The quantitative estimate of drug-likeness (QED) is 0.332. The maximum Gasteiger partial charge on any atom is 0.295 e. The first-order valence-electron chi connectivity index (χ1n) is 10.6. The van der Waals surface area contributed by atoms with E-state index in [-0.39, 0.29) is 16.8 Å². The molecule has 5 rings (SSSR count). The van der Waals surface area contributed by atoms with Gasteiger partial charge in [0.1, 0.15) is 23.7 Å². The van der Waals surface area contributed by atoms with Gasteiger partial charge >= 0.3 is 0 Å². The number of rotatable bonds is 6. The Bertz CT molecular complexity index is 1480. The Morgan fingerprint density at radius 3 is 2.59 bits per heavy atom. The highest BCUT2D eigenvalue weighted by molar-refractivity contribution is 6.31. The van der Waals surface area contributed by atoms with Gasteiger partial charge in [-0.25, -0.2) is 0 Å². The Labute approximate surface area is 200 Å². The predicted octanol–water partition coefficient (Wildman–Crippen LogP) is 5.77. The van der Waals surface area contributed by atoms with Gasteiger partial charge in [-0.3, -0.25) is 14.5 Å². The van der Waals surface area contributed by atoms with E-state index in [1.165, 1.54) is 0 Å². The number of fused-ring (bicyclic) bond motifs is 2. The number of nitrogens with zero attached hydrogens (tertiary/aromatic N) is 1. The van der Waals surface area contributed by atoms with Crippen LogP contribution in [0.15, 0.2) is 88.6 Å². The van der Waals surface area contributed by atoms with Crippen molar-refractivity contribution in [1.82, 2.24) is 0 Å². The minimum atomic E-state index is -0.720. The van der Waals surface area contributed by atoms with E-state index >= 15 is 0 Å². The zero-order chi connectivity index (χ0) is 23.8. The number of halogens is 1. The summed E-state index contributed by atoms with van der Waals surface area (Å²) in [6.07, 6.45) is 1.65. The first-order chi connectivity index (χ1) is 16.5. The number of methoxy groups -OCH3 is 1. The van der Waals surface area contributed by atoms with E-state index in [1.54, 1.807) is 60.6 Å². The van der Waals surface area contributed by atoms with Crippen LogP contribution in [0.3, 0.4) is 0 Å². The fourth-order valence-corrected chi connectivity index (χ4v) is 4.37. The van der Waals surface area contributed by atoms with Crippen LogP contribution in [0.2, 0.25) is 5.02 Å². The first-order valence-corrected chi connectivity index (χ1v) is 11.0. The van der Waals surface area contributed by atoms with E-state index in [0.717, 1.165) is 0 Å². The first kappa shape index (κ1) is 21.8. The molecule has 1 unspecified atom stereocenters. The fraction of sp³-hybridized carbons (Fsp3) is 0.111. The number of hydrogen-bond donors (Lipinski definition) is 0. The minimum Gasteiger partial charge on any atom is -0.497 e. The van der Waals surface area contributed by atoms with Crippen molar-refractivity contribution in [2.75, 3.05) is 18.6 Å². The monoisotopic (exact) mass is 473 g/mol. The zero-order valence-corrected chi connectivity index (χ0v) is 19.0. The van der Waals surface area contributed by atoms with Crippen molar-refractivity contribution >= 4 is 34.2 Å². The summed E-state index contributed by atoms with van der Waals surface area (Å²) in [5, 5.41) is 0.729. The van der Waals surface area contributed by atoms with Crippen LogP contribution in [-0.4, -0.2) is 19.6 Å². The average molecular weight is 474 g/mol. The molecule has 1 amide bonds. The zero-order valence-electron chi connectivity index (χ0n) is 18.3. The summed E-state index contributed by atoms with van der Waals surface area (Å²) in [6.45, 7) is 4.01. The van der Waals surface area contributed by atoms with Gasteiger partial charge in [-0.15, -0.1) is 0 Å². The Balaban J connectivity index is 1.75. The molecule has 7 heteroatoms. The smallest absolute Gasteiger partial charge is 0.295 e. The lowest BCUT2D eigenvalue weighted by Crippen LogP contribution is -2.29. The average Bonchev–Trinajstić information content (AvgIpc) is 3.16. The molecule has 6 nitrogen and oxygen atoms in total. The Morgan fingerprint density at radius 1 is 1.06 bits per heavy atom. The number of amides is 1. The summed E-state index contributed by atoms with van der Waals surface area (Å²) in [4.78, 5) is 28.9. The molecular weight excluding hydrogens is 454 g/mol. The molecule has 0 fully saturated rings. The second-order valence-corrected chi connectivity index (χ2v) is 8.20. The topological polar surface area (TPSA) is 69.0 Å². The standard InChI is InChI=1S/C27H20ClNO5/c1-3-13-33-20-6-4-5-16(14-20)24-23-25(30)21-15-17(28)7-12-22(21)34-26(23)27(31)29(24)18-8-10-19(32-2)11-9-18/h3-12,14-15,24H,1,13H2,2H3. The maximum atomic E-state index is 13.7. The van der Waals surface area contributed by atoms with Crippen LogP contribution in [0.25, 0.3) is 11.0 Å². The summed E-state index contributed by atoms with van der Waals surface area (Å²) in [5.74, 6) is 0.856. The third-order valence-corrected chi connectivity index (χ3v) is 5.96. The lowest BCUT2D eigenvalue weighted by Gasteiger charge is -2.25. The maximum absolute atomic E-state index is 13.7. The number of benzene rings is 3. The Kier molecular flexibility index (Phi) is 5.59. The molecule has 1 atom stereocenters. The van der Waals surface area contributed by atoms with Crippen molar-refractivity contribution in [2.45, 2.75) is 6.04 Å². The SMILES string of the molecule is C=CCOc1cccc(C2c3c(oc4ccc(Cl)cc4c3=O)C(=O)N2c2ccc(OC)cc2)c1. The number of carbonyl (C=O) groups excluding carboxylic acids is 1. The number of anilines is 1. The van der Waals surface area contributed by atoms with E-state index in [9.17, 15) is 9.59 Å². The van der Waals surface area contributed by atoms with Gasteiger partial charge in [-0.1, -0.05) is 36.4 Å². The second kappa shape index (κ2) is 8.72. The van der Waals surface area contributed by atoms with Gasteiger partial charge < -0.3 is 13.9 Å². The van der Waals surface area contributed by atoms with Crippen molar-refractivity contribution in [1.29, 1.82) is 0 Å². The molecular formula is C27H20ClNO5. The summed E-state index contributed by atoms with van der Waals surface area (Å²) in [6, 6.07) is 18.4. The molecule has 4 aromatic rings. The molecule has 1 aliphatic rings. The largest absolute Gasteiger partial charge is 0.497 e. The van der Waals surface area contributed by atoms with Gasteiger partial charge in [-0.05, 0) is 60.2 Å². The van der Waals surface area contributed by atoms with Gasteiger partial charge in [0.05, 0.1) is 24.1 Å². The van der Waals surface area contributed by atoms with Crippen molar-refractivity contribution in [3.63, 3.8) is 0 Å². The molecule has 1 aromatic heterocycles. The van der Waals surface area contributed by atoms with Gasteiger partial charge in [0, 0.05) is 10.7 Å². The van der Waals surface area contributed by atoms with Crippen molar-refractivity contribution in [2.24, 2.45) is 0 Å². The number of ether oxygens (including phenoxy) is 2. The Morgan fingerprint density at radius 2 is 1.85 bits per heavy atom. The van der Waals surface area contributed by atoms with Gasteiger partial charge in [-0.2, -0.15) is 0 Å². The van der Waals surface area contributed by atoms with E-state index < -0.39 is 11.9 Å². The summed E-state index contributed by atoms with van der Waals surface area (Å²) < 4.78 is 16.9. The summed E-state index contributed by atoms with van der Waals surface area (Å²) in [5.41, 5.74) is 1.57. The van der Waals surface area contributed by atoms with E-state index in [4.69, 9.17) is 25.5 Å². The third-order valence-electron chi connectivity index (χ3n) is 5.72. The number of hydrogen-bond acceptors (Lipinski definition) is 5. The molecule has 0 saturated heterocycles. The summed E-state index contributed by atoms with van der Waals surface area (Å²) >= 11 is 6.15. The van der Waals surface area contributed by atoms with Crippen molar-refractivity contribution in [3.8, 4) is 11.5 Å². The molecule has 2 heterocycles. The molecule has 0 N–H and O–H groups in total. The highest BCUT2D eigenvalue weighted by Gasteiger charge is 2.43. The predicted molar refractivity (Wildman–Crippen MR) is 131 cm³/mol. The lowest BCUT2D eigenvalue weighted by molar-refractivity contribution is 0.0971. The van der Waals surface area contributed by atoms with Gasteiger partial charge in [0.15, 0.2) is 5.43 Å². The van der Waals surface area contributed by atoms with Gasteiger partial charge in [0.25, 0.3) is 5.91 Å². The molecule has 34 heavy (non-hydrogen) atoms. The van der Waals surface area contributed by atoms with Crippen LogP contribution in [0.5, 0.6) is 11.5 Å². The van der Waals surface area contributed by atoms with Gasteiger partial charge in [0.2, 0.25) is 5.76 Å². The van der Waals surface area contributed by atoms with Crippen molar-refractivity contribution in [3.05, 3.63) is 112 Å².